The van der Waals surface area contributed by atoms with Crippen LogP contribution in [0.5, 0.6) is 0 Å². The van der Waals surface area contributed by atoms with Gasteiger partial charge in [0.2, 0.25) is 11.6 Å². The van der Waals surface area contributed by atoms with E-state index in [2.05, 4.69) is 27.1 Å². The molecule has 10 heteroatoms. The van der Waals surface area contributed by atoms with E-state index in [1.807, 2.05) is 4.90 Å². The number of nitro groups is 1. The third-order valence-corrected chi connectivity index (χ3v) is 4.84. The lowest BCUT2D eigenvalue weighted by Gasteiger charge is -2.34. The molecule has 8 nitrogen and oxygen atoms in total. The van der Waals surface area contributed by atoms with E-state index in [4.69, 9.17) is 23.2 Å². The molecule has 138 valence electrons. The summed E-state index contributed by atoms with van der Waals surface area (Å²) in [6.45, 7) is 6.08. The summed E-state index contributed by atoms with van der Waals surface area (Å²) < 4.78 is 0. The smallest absolute Gasteiger partial charge is 0.348 e. The quantitative estimate of drug-likeness (QED) is 0.610. The summed E-state index contributed by atoms with van der Waals surface area (Å²) in [6.07, 6.45) is 1.32. The maximum absolute atomic E-state index is 11.7. The first-order valence-electron chi connectivity index (χ1n) is 8.18. The molecule has 2 aromatic rings. The zero-order valence-electron chi connectivity index (χ0n) is 14.2. The lowest BCUT2D eigenvalue weighted by molar-refractivity contribution is -0.383. The van der Waals surface area contributed by atoms with Crippen LogP contribution in [-0.2, 0) is 0 Å². The number of aromatic nitrogens is 2. The minimum absolute atomic E-state index is 0.0992. The second kappa shape index (κ2) is 8.03. The van der Waals surface area contributed by atoms with E-state index < -0.39 is 4.92 Å². The van der Waals surface area contributed by atoms with Crippen molar-refractivity contribution in [1.29, 1.82) is 0 Å². The third-order valence-electron chi connectivity index (χ3n) is 4.29. The summed E-state index contributed by atoms with van der Waals surface area (Å²) in [7, 11) is 0. The van der Waals surface area contributed by atoms with E-state index in [1.165, 1.54) is 6.33 Å². The Morgan fingerprint density at radius 3 is 2.58 bits per heavy atom. The third kappa shape index (κ3) is 3.98. The van der Waals surface area contributed by atoms with Gasteiger partial charge in [0.25, 0.3) is 0 Å². The molecule has 26 heavy (non-hydrogen) atoms. The molecule has 1 aromatic carbocycles. The van der Waals surface area contributed by atoms with Crippen molar-refractivity contribution in [1.82, 2.24) is 14.9 Å². The van der Waals surface area contributed by atoms with Gasteiger partial charge in [-0.25, -0.2) is 9.97 Å². The van der Waals surface area contributed by atoms with Gasteiger partial charge in [-0.1, -0.05) is 30.1 Å². The molecule has 0 atom stereocenters. The normalized spacial score (nSPS) is 15.1. The van der Waals surface area contributed by atoms with Gasteiger partial charge in [0.15, 0.2) is 0 Å². The molecule has 1 aliphatic rings. The first-order valence-corrected chi connectivity index (χ1v) is 8.94. The van der Waals surface area contributed by atoms with Crippen LogP contribution in [-0.4, -0.2) is 52.5 Å². The summed E-state index contributed by atoms with van der Waals surface area (Å²) >= 11 is 12.1. The summed E-state index contributed by atoms with van der Waals surface area (Å²) in [4.78, 5) is 23.7. The molecule has 1 aliphatic heterocycles. The molecule has 0 unspecified atom stereocenters. The van der Waals surface area contributed by atoms with Gasteiger partial charge in [0.1, 0.15) is 6.33 Å². The molecular formula is C16H18Cl2N6O2. The molecule has 1 N–H and O–H groups in total. The zero-order chi connectivity index (χ0) is 18.7. The van der Waals surface area contributed by atoms with Crippen LogP contribution in [0.3, 0.4) is 0 Å². The predicted molar refractivity (Wildman–Crippen MR) is 103 cm³/mol. The topological polar surface area (TPSA) is 87.4 Å². The second-order valence-corrected chi connectivity index (χ2v) is 6.67. The van der Waals surface area contributed by atoms with Gasteiger partial charge in [-0.3, -0.25) is 10.1 Å². The molecule has 3 rings (SSSR count). The number of anilines is 3. The van der Waals surface area contributed by atoms with Crippen molar-refractivity contribution in [3.63, 3.8) is 0 Å². The van der Waals surface area contributed by atoms with Crippen molar-refractivity contribution in [2.45, 2.75) is 6.92 Å². The minimum Gasteiger partial charge on any atom is -0.348 e. The highest BCUT2D eigenvalue weighted by molar-refractivity contribution is 6.36. The molecule has 2 heterocycles. The van der Waals surface area contributed by atoms with E-state index in [-0.39, 0.29) is 11.5 Å². The largest absolute Gasteiger partial charge is 0.353 e. The van der Waals surface area contributed by atoms with Gasteiger partial charge < -0.3 is 15.1 Å². The molecular weight excluding hydrogens is 379 g/mol. The van der Waals surface area contributed by atoms with Crippen LogP contribution in [0.1, 0.15) is 6.92 Å². The molecule has 0 aliphatic carbocycles. The maximum Gasteiger partial charge on any atom is 0.353 e. The lowest BCUT2D eigenvalue weighted by Crippen LogP contribution is -2.46. The number of piperazine rings is 1. The Morgan fingerprint density at radius 1 is 1.23 bits per heavy atom. The van der Waals surface area contributed by atoms with Crippen LogP contribution in [0.4, 0.5) is 23.0 Å². The van der Waals surface area contributed by atoms with Gasteiger partial charge >= 0.3 is 5.69 Å². The molecule has 0 amide bonds. The number of rotatable bonds is 5. The summed E-state index contributed by atoms with van der Waals surface area (Å²) in [5.41, 5.74) is 0.322. The molecule has 1 aromatic heterocycles. The van der Waals surface area contributed by atoms with Gasteiger partial charge in [0.05, 0.1) is 15.6 Å². The fourth-order valence-electron chi connectivity index (χ4n) is 2.85. The Labute approximate surface area is 160 Å². The van der Waals surface area contributed by atoms with E-state index in [1.54, 1.807) is 18.2 Å². The minimum atomic E-state index is -0.465. The number of hydrogen-bond donors (Lipinski definition) is 1. The fraction of sp³-hybridized carbons (Fsp3) is 0.375. The molecule has 1 saturated heterocycles. The molecule has 0 bridgehead atoms. The first kappa shape index (κ1) is 18.6. The summed E-state index contributed by atoms with van der Waals surface area (Å²) in [5, 5.41) is 15.5. The van der Waals surface area contributed by atoms with E-state index in [9.17, 15) is 10.1 Å². The van der Waals surface area contributed by atoms with Crippen LogP contribution >= 0.6 is 23.2 Å². The van der Waals surface area contributed by atoms with Gasteiger partial charge in [-0.15, -0.1) is 0 Å². The van der Waals surface area contributed by atoms with E-state index in [0.29, 0.717) is 34.6 Å². The molecule has 0 spiro atoms. The van der Waals surface area contributed by atoms with Crippen molar-refractivity contribution >= 4 is 46.2 Å². The molecule has 0 saturated carbocycles. The average molecular weight is 397 g/mol. The number of hydrogen-bond acceptors (Lipinski definition) is 7. The Bertz CT molecular complexity index is 811. The van der Waals surface area contributed by atoms with Gasteiger partial charge in [0, 0.05) is 31.2 Å². The van der Waals surface area contributed by atoms with Crippen LogP contribution in [0, 0.1) is 10.1 Å². The second-order valence-electron chi connectivity index (χ2n) is 5.82. The predicted octanol–water partition coefficient (Wildman–Crippen LogP) is 3.58. The van der Waals surface area contributed by atoms with E-state index in [0.717, 1.165) is 19.6 Å². The Balaban J connectivity index is 1.93. The van der Waals surface area contributed by atoms with Crippen molar-refractivity contribution in [3.8, 4) is 0 Å². The first-order chi connectivity index (χ1) is 12.5. The van der Waals surface area contributed by atoms with Crippen LogP contribution < -0.4 is 10.2 Å². The number of likely N-dealkylation sites (N-methyl/N-ethyl adjacent to an activating group) is 1. The van der Waals surface area contributed by atoms with E-state index >= 15 is 0 Å². The SMILES string of the molecule is CCN1CCN(c2ncnc(Nc3ccc(Cl)cc3Cl)c2[N+](=O)[O-])CC1. The monoisotopic (exact) mass is 396 g/mol. The lowest BCUT2D eigenvalue weighted by atomic mass is 10.2. The Hall–Kier alpha value is -2.16. The highest BCUT2D eigenvalue weighted by Crippen LogP contribution is 2.36. The van der Waals surface area contributed by atoms with Crippen LogP contribution in [0.25, 0.3) is 0 Å². The number of benzene rings is 1. The number of nitrogens with one attached hydrogen (secondary N) is 1. The average Bonchev–Trinajstić information content (AvgIpc) is 2.63. The number of nitrogens with zero attached hydrogens (tertiary/aromatic N) is 5. The zero-order valence-corrected chi connectivity index (χ0v) is 15.7. The highest BCUT2D eigenvalue weighted by Gasteiger charge is 2.29. The van der Waals surface area contributed by atoms with Gasteiger partial charge in [-0.05, 0) is 24.7 Å². The van der Waals surface area contributed by atoms with Crippen molar-refractivity contribution in [2.75, 3.05) is 42.9 Å². The Kier molecular flexibility index (Phi) is 5.75. The molecule has 1 fully saturated rings. The fourth-order valence-corrected chi connectivity index (χ4v) is 3.31. The van der Waals surface area contributed by atoms with Crippen molar-refractivity contribution in [2.24, 2.45) is 0 Å². The Morgan fingerprint density at radius 2 is 1.96 bits per heavy atom. The molecule has 0 radical (unpaired) electrons. The van der Waals surface area contributed by atoms with Crippen molar-refractivity contribution < 1.29 is 4.92 Å². The summed E-state index contributed by atoms with van der Waals surface area (Å²) in [6, 6.07) is 4.85. The number of halogens is 2. The van der Waals surface area contributed by atoms with Crippen LogP contribution in [0.2, 0.25) is 10.0 Å². The van der Waals surface area contributed by atoms with Crippen molar-refractivity contribution in [3.05, 3.63) is 44.7 Å². The highest BCUT2D eigenvalue weighted by atomic mass is 35.5. The maximum atomic E-state index is 11.7. The van der Waals surface area contributed by atoms with Crippen LogP contribution in [0.15, 0.2) is 24.5 Å². The summed E-state index contributed by atoms with van der Waals surface area (Å²) in [5.74, 6) is 0.412. The standard InChI is InChI=1S/C16H18Cl2N6O2/c1-2-22-5-7-23(8-6-22)16-14(24(25)26)15(19-10-20-16)21-13-4-3-11(17)9-12(13)18/h3-4,9-10H,2,5-8H2,1H3,(H,19,20,21). The van der Waals surface area contributed by atoms with Gasteiger partial charge in [-0.2, -0.15) is 0 Å².